The van der Waals surface area contributed by atoms with Crippen LogP contribution in [0.1, 0.15) is 53.0 Å². The van der Waals surface area contributed by atoms with Crippen molar-refractivity contribution in [1.29, 1.82) is 0 Å². The van der Waals surface area contributed by atoms with E-state index in [0.717, 1.165) is 51.5 Å². The predicted octanol–water partition coefficient (Wildman–Crippen LogP) is 3.13. The largest absolute Gasteiger partial charge is 0.444 e. The number of ether oxygens (including phenoxy) is 1. The van der Waals surface area contributed by atoms with E-state index in [1.54, 1.807) is 0 Å². The summed E-state index contributed by atoms with van der Waals surface area (Å²) in [5.41, 5.74) is 0.709. The second kappa shape index (κ2) is 11.2. The van der Waals surface area contributed by atoms with E-state index in [-0.39, 0.29) is 6.09 Å². The van der Waals surface area contributed by atoms with Gasteiger partial charge in [0.2, 0.25) is 0 Å². The number of nitrogens with one attached hydrogen (secondary N) is 1. The van der Waals surface area contributed by atoms with Crippen molar-refractivity contribution < 1.29 is 9.53 Å². The fourth-order valence-corrected chi connectivity index (χ4v) is 3.57. The minimum Gasteiger partial charge on any atom is -0.444 e. The van der Waals surface area contributed by atoms with E-state index in [1.807, 2.05) is 56.6 Å². The summed E-state index contributed by atoms with van der Waals surface area (Å²) in [4.78, 5) is 21.4. The van der Waals surface area contributed by atoms with Crippen LogP contribution >= 0.6 is 0 Å². The van der Waals surface area contributed by atoms with Crippen molar-refractivity contribution in [2.75, 3.05) is 39.3 Å². The SMILES string of the molecule is CCNC(=NCCn1cc(C)cn1)N1CCC(CN(CC)C(=O)OC(C)(C)C)CC1. The number of carbonyl (C=O) groups excluding carboxylic acids is 1. The maximum absolute atomic E-state index is 12.4. The van der Waals surface area contributed by atoms with Crippen LogP contribution in [-0.4, -0.2) is 76.5 Å². The first-order valence-corrected chi connectivity index (χ1v) is 11.2. The summed E-state index contributed by atoms with van der Waals surface area (Å²) < 4.78 is 7.48. The van der Waals surface area contributed by atoms with Gasteiger partial charge < -0.3 is 19.9 Å². The monoisotopic (exact) mass is 420 g/mol. The summed E-state index contributed by atoms with van der Waals surface area (Å²) in [6, 6.07) is 0. The molecule has 0 bridgehead atoms. The Morgan fingerprint density at radius 2 is 2.03 bits per heavy atom. The number of aryl methyl sites for hydroxylation is 1. The molecule has 1 aromatic heterocycles. The number of rotatable bonds is 7. The standard InChI is InChI=1S/C22H40N6O2/c1-7-23-20(24-11-14-28-16-18(3)15-25-28)27-12-9-19(10-13-27)17-26(8-2)21(29)30-22(4,5)6/h15-16,19H,7-14,17H2,1-6H3,(H,23,24). The highest BCUT2D eigenvalue weighted by atomic mass is 16.6. The lowest BCUT2D eigenvalue weighted by molar-refractivity contribution is 0.0214. The van der Waals surface area contributed by atoms with Gasteiger partial charge in [-0.2, -0.15) is 5.10 Å². The van der Waals surface area contributed by atoms with E-state index < -0.39 is 5.60 Å². The van der Waals surface area contributed by atoms with Crippen LogP contribution in [0.25, 0.3) is 0 Å². The first kappa shape index (κ1) is 24.0. The third-order valence-electron chi connectivity index (χ3n) is 5.11. The van der Waals surface area contributed by atoms with Gasteiger partial charge in [0.1, 0.15) is 5.60 Å². The molecule has 8 heteroatoms. The number of aliphatic imine (C=N–C) groups is 1. The Labute approximate surface area is 181 Å². The Morgan fingerprint density at radius 1 is 1.33 bits per heavy atom. The van der Waals surface area contributed by atoms with Gasteiger partial charge in [-0.15, -0.1) is 0 Å². The lowest BCUT2D eigenvalue weighted by Crippen LogP contribution is -2.48. The minimum atomic E-state index is -0.458. The van der Waals surface area contributed by atoms with Crippen LogP contribution in [0.4, 0.5) is 4.79 Å². The van der Waals surface area contributed by atoms with Gasteiger partial charge in [-0.05, 0) is 65.9 Å². The average molecular weight is 421 g/mol. The Kier molecular flexibility index (Phi) is 8.99. The third-order valence-corrected chi connectivity index (χ3v) is 5.11. The summed E-state index contributed by atoms with van der Waals surface area (Å²) in [5.74, 6) is 1.46. The zero-order chi connectivity index (χ0) is 22.1. The molecule has 2 rings (SSSR count). The molecule has 8 nitrogen and oxygen atoms in total. The van der Waals surface area contributed by atoms with Crippen LogP contribution < -0.4 is 5.32 Å². The molecule has 0 aliphatic carbocycles. The molecule has 1 fully saturated rings. The van der Waals surface area contributed by atoms with Crippen LogP contribution in [-0.2, 0) is 11.3 Å². The molecule has 1 amide bonds. The quantitative estimate of drug-likeness (QED) is 0.542. The lowest BCUT2D eigenvalue weighted by Gasteiger charge is -2.36. The minimum absolute atomic E-state index is 0.212. The lowest BCUT2D eigenvalue weighted by atomic mass is 9.96. The number of amides is 1. The molecule has 0 atom stereocenters. The smallest absolute Gasteiger partial charge is 0.410 e. The Balaban J connectivity index is 1.85. The van der Waals surface area contributed by atoms with Crippen molar-refractivity contribution in [3.05, 3.63) is 18.0 Å². The fourth-order valence-electron chi connectivity index (χ4n) is 3.57. The molecule has 170 valence electrons. The van der Waals surface area contributed by atoms with Crippen molar-refractivity contribution >= 4 is 12.1 Å². The van der Waals surface area contributed by atoms with Gasteiger partial charge in [0, 0.05) is 38.9 Å². The molecular weight excluding hydrogens is 380 g/mol. The van der Waals surface area contributed by atoms with E-state index in [0.29, 0.717) is 19.0 Å². The van der Waals surface area contributed by atoms with Crippen LogP contribution in [0.3, 0.4) is 0 Å². The van der Waals surface area contributed by atoms with Crippen LogP contribution in [0, 0.1) is 12.8 Å². The molecule has 0 unspecified atom stereocenters. The average Bonchev–Trinajstić information content (AvgIpc) is 3.09. The van der Waals surface area contributed by atoms with Gasteiger partial charge in [0.25, 0.3) is 0 Å². The van der Waals surface area contributed by atoms with Crippen LogP contribution in [0.15, 0.2) is 17.4 Å². The topological polar surface area (TPSA) is 75.0 Å². The molecule has 1 aliphatic rings. The van der Waals surface area contributed by atoms with Crippen LogP contribution in [0.5, 0.6) is 0 Å². The van der Waals surface area contributed by atoms with E-state index in [1.165, 1.54) is 5.56 Å². The fraction of sp³-hybridized carbons (Fsp3) is 0.773. The first-order valence-electron chi connectivity index (χ1n) is 11.2. The Hall–Kier alpha value is -2.25. The number of hydrogen-bond acceptors (Lipinski definition) is 4. The molecule has 0 spiro atoms. The highest BCUT2D eigenvalue weighted by Gasteiger charge is 2.27. The third kappa shape index (κ3) is 7.88. The zero-order valence-electron chi connectivity index (χ0n) is 19.6. The Morgan fingerprint density at radius 3 is 2.57 bits per heavy atom. The van der Waals surface area contributed by atoms with E-state index in [2.05, 4.69) is 22.2 Å². The number of aromatic nitrogens is 2. The van der Waals surface area contributed by atoms with Gasteiger partial charge in [-0.3, -0.25) is 9.67 Å². The van der Waals surface area contributed by atoms with Gasteiger partial charge in [0.15, 0.2) is 5.96 Å². The summed E-state index contributed by atoms with van der Waals surface area (Å²) >= 11 is 0. The molecule has 30 heavy (non-hydrogen) atoms. The second-order valence-corrected chi connectivity index (χ2v) is 8.97. The highest BCUT2D eigenvalue weighted by molar-refractivity contribution is 5.80. The van der Waals surface area contributed by atoms with Crippen LogP contribution in [0.2, 0.25) is 0 Å². The molecule has 1 N–H and O–H groups in total. The molecule has 1 aromatic rings. The van der Waals surface area contributed by atoms with Gasteiger partial charge in [-0.25, -0.2) is 4.79 Å². The number of guanidine groups is 1. The normalized spacial score (nSPS) is 15.9. The Bertz CT molecular complexity index is 686. The molecule has 1 saturated heterocycles. The molecule has 0 saturated carbocycles. The summed E-state index contributed by atoms with van der Waals surface area (Å²) in [6.45, 7) is 17.5. The van der Waals surface area contributed by atoms with Gasteiger partial charge >= 0.3 is 6.09 Å². The summed E-state index contributed by atoms with van der Waals surface area (Å²) in [6.07, 6.45) is 5.79. The van der Waals surface area contributed by atoms with Crippen molar-refractivity contribution in [2.45, 2.75) is 66.5 Å². The van der Waals surface area contributed by atoms with E-state index in [9.17, 15) is 4.79 Å². The van der Waals surface area contributed by atoms with Crippen molar-refractivity contribution in [1.82, 2.24) is 24.9 Å². The summed E-state index contributed by atoms with van der Waals surface area (Å²) in [7, 11) is 0. The second-order valence-electron chi connectivity index (χ2n) is 8.97. The van der Waals surface area contributed by atoms with Crippen molar-refractivity contribution in [3.63, 3.8) is 0 Å². The molecule has 0 radical (unpaired) electrons. The first-order chi connectivity index (χ1) is 14.2. The highest BCUT2D eigenvalue weighted by Crippen LogP contribution is 2.20. The van der Waals surface area contributed by atoms with E-state index >= 15 is 0 Å². The molecule has 0 aromatic carbocycles. The zero-order valence-corrected chi connectivity index (χ0v) is 19.6. The van der Waals surface area contributed by atoms with Gasteiger partial charge in [0.05, 0.1) is 19.3 Å². The predicted molar refractivity (Wildman–Crippen MR) is 121 cm³/mol. The summed E-state index contributed by atoms with van der Waals surface area (Å²) in [5, 5.41) is 7.74. The number of likely N-dealkylation sites (tertiary alicyclic amines) is 1. The van der Waals surface area contributed by atoms with Crippen molar-refractivity contribution in [2.24, 2.45) is 10.9 Å². The van der Waals surface area contributed by atoms with E-state index in [4.69, 9.17) is 9.73 Å². The maximum atomic E-state index is 12.4. The maximum Gasteiger partial charge on any atom is 0.410 e. The van der Waals surface area contributed by atoms with Gasteiger partial charge in [-0.1, -0.05) is 0 Å². The molecular formula is C22H40N6O2. The number of carbonyl (C=O) groups is 1. The number of nitrogens with zero attached hydrogens (tertiary/aromatic N) is 5. The van der Waals surface area contributed by atoms with Crippen molar-refractivity contribution in [3.8, 4) is 0 Å². The molecule has 1 aliphatic heterocycles. The number of hydrogen-bond donors (Lipinski definition) is 1. The number of piperidine rings is 1. The molecule has 2 heterocycles.